The average Bonchev–Trinajstić information content (AvgIpc) is 3.24. The van der Waals surface area contributed by atoms with Gasteiger partial charge in [0, 0.05) is 18.5 Å². The third-order valence-corrected chi connectivity index (χ3v) is 6.18. The fourth-order valence-corrected chi connectivity index (χ4v) is 4.40. The highest BCUT2D eigenvalue weighted by Gasteiger charge is 2.18. The van der Waals surface area contributed by atoms with Crippen molar-refractivity contribution in [3.63, 3.8) is 0 Å². The number of rotatable bonds is 8. The molecule has 0 aliphatic heterocycles. The predicted molar refractivity (Wildman–Crippen MR) is 111 cm³/mol. The lowest BCUT2D eigenvalue weighted by Gasteiger charge is -2.21. The third-order valence-electron chi connectivity index (χ3n) is 5.11. The molecule has 1 fully saturated rings. The summed E-state index contributed by atoms with van der Waals surface area (Å²) in [6.07, 6.45) is 7.90. The smallest absolute Gasteiger partial charge is 0.255 e. The number of thioether (sulfide) groups is 1. The molecule has 1 aromatic carbocycles. The van der Waals surface area contributed by atoms with Gasteiger partial charge in [0.1, 0.15) is 5.76 Å². The van der Waals surface area contributed by atoms with Crippen LogP contribution in [0.1, 0.15) is 48.2 Å². The van der Waals surface area contributed by atoms with Gasteiger partial charge in [-0.3, -0.25) is 9.59 Å². The second kappa shape index (κ2) is 10.4. The van der Waals surface area contributed by atoms with Crippen LogP contribution in [0.25, 0.3) is 0 Å². The van der Waals surface area contributed by atoms with Crippen LogP contribution >= 0.6 is 11.8 Å². The highest BCUT2D eigenvalue weighted by molar-refractivity contribution is 8.00. The molecule has 0 bridgehead atoms. The molecule has 1 heterocycles. The van der Waals surface area contributed by atoms with Gasteiger partial charge in [0.05, 0.1) is 24.1 Å². The van der Waals surface area contributed by atoms with Crippen LogP contribution in [-0.4, -0.2) is 36.1 Å². The molecule has 5 nitrogen and oxygen atoms in total. The van der Waals surface area contributed by atoms with Crippen LogP contribution in [0, 0.1) is 5.92 Å². The number of hydrogen-bond acceptors (Lipinski definition) is 4. The van der Waals surface area contributed by atoms with Crippen LogP contribution in [0.4, 0.5) is 0 Å². The summed E-state index contributed by atoms with van der Waals surface area (Å²) >= 11 is 1.41. The van der Waals surface area contributed by atoms with E-state index in [1.165, 1.54) is 43.9 Å². The molecule has 0 unspecified atom stereocenters. The maximum atomic E-state index is 12.8. The SMILES string of the molecule is CN(Cc1ccco1)C(=O)c1ccccc1SCC(=O)NCC1CCCCC1. The molecule has 1 saturated carbocycles. The quantitative estimate of drug-likeness (QED) is 0.670. The normalized spacial score (nSPS) is 14.6. The first kappa shape index (κ1) is 20.5. The van der Waals surface area contributed by atoms with Crippen molar-refractivity contribution in [2.24, 2.45) is 5.92 Å². The number of nitrogens with one attached hydrogen (secondary N) is 1. The number of benzene rings is 1. The number of nitrogens with zero attached hydrogens (tertiary/aromatic N) is 1. The zero-order chi connectivity index (χ0) is 19.8. The summed E-state index contributed by atoms with van der Waals surface area (Å²) < 4.78 is 5.32. The van der Waals surface area contributed by atoms with Gasteiger partial charge < -0.3 is 14.6 Å². The van der Waals surface area contributed by atoms with Crippen molar-refractivity contribution in [2.45, 2.75) is 43.5 Å². The maximum absolute atomic E-state index is 12.8. The van der Waals surface area contributed by atoms with E-state index in [2.05, 4.69) is 5.32 Å². The van der Waals surface area contributed by atoms with Gasteiger partial charge in [-0.1, -0.05) is 31.4 Å². The van der Waals surface area contributed by atoms with Crippen LogP contribution in [0.5, 0.6) is 0 Å². The van der Waals surface area contributed by atoms with E-state index < -0.39 is 0 Å². The van der Waals surface area contributed by atoms with E-state index in [0.29, 0.717) is 23.8 Å². The molecule has 0 spiro atoms. The fraction of sp³-hybridized carbons (Fsp3) is 0.455. The molecule has 1 aliphatic carbocycles. The molecule has 1 aliphatic rings. The molecular formula is C22H28N2O3S. The van der Waals surface area contributed by atoms with E-state index in [1.807, 2.05) is 36.4 Å². The molecule has 2 aromatic rings. The number of carbonyl (C=O) groups is 2. The lowest BCUT2D eigenvalue weighted by molar-refractivity contribution is -0.118. The van der Waals surface area contributed by atoms with Crippen LogP contribution in [0.3, 0.4) is 0 Å². The van der Waals surface area contributed by atoms with Crippen molar-refractivity contribution in [3.05, 3.63) is 54.0 Å². The standard InChI is InChI=1S/C22H28N2O3S/c1-24(15-18-10-7-13-27-18)22(26)19-11-5-6-12-20(19)28-16-21(25)23-14-17-8-3-2-4-9-17/h5-7,10-13,17H,2-4,8-9,14-16H2,1H3,(H,23,25). The second-order valence-corrected chi connectivity index (χ2v) is 8.35. The van der Waals surface area contributed by atoms with Crippen LogP contribution in [0.2, 0.25) is 0 Å². The maximum Gasteiger partial charge on any atom is 0.255 e. The largest absolute Gasteiger partial charge is 0.467 e. The fourth-order valence-electron chi connectivity index (χ4n) is 3.53. The number of furan rings is 1. The van der Waals surface area contributed by atoms with E-state index in [0.717, 1.165) is 17.2 Å². The van der Waals surface area contributed by atoms with Crippen molar-refractivity contribution in [3.8, 4) is 0 Å². The van der Waals surface area contributed by atoms with Gasteiger partial charge in [-0.25, -0.2) is 0 Å². The Labute approximate surface area is 170 Å². The van der Waals surface area contributed by atoms with E-state index in [9.17, 15) is 9.59 Å². The Morgan fingerprint density at radius 3 is 2.68 bits per heavy atom. The Morgan fingerprint density at radius 2 is 1.93 bits per heavy atom. The average molecular weight is 401 g/mol. The first-order valence-corrected chi connectivity index (χ1v) is 10.9. The molecule has 3 rings (SSSR count). The lowest BCUT2D eigenvalue weighted by Crippen LogP contribution is -2.31. The Hall–Kier alpha value is -2.21. The molecule has 1 aromatic heterocycles. The predicted octanol–water partition coefficient (Wildman–Crippen LogP) is 4.34. The summed E-state index contributed by atoms with van der Waals surface area (Å²) in [5, 5.41) is 3.06. The summed E-state index contributed by atoms with van der Waals surface area (Å²) in [6, 6.07) is 11.1. The van der Waals surface area contributed by atoms with Crippen molar-refractivity contribution >= 4 is 23.6 Å². The van der Waals surface area contributed by atoms with Gasteiger partial charge in [0.15, 0.2) is 0 Å². The second-order valence-electron chi connectivity index (χ2n) is 7.33. The molecule has 150 valence electrons. The first-order valence-electron chi connectivity index (χ1n) is 9.90. The van der Waals surface area contributed by atoms with Crippen LogP contribution < -0.4 is 5.32 Å². The lowest BCUT2D eigenvalue weighted by atomic mass is 9.89. The van der Waals surface area contributed by atoms with Gasteiger partial charge in [0.25, 0.3) is 5.91 Å². The molecule has 2 amide bonds. The van der Waals surface area contributed by atoms with Crippen molar-refractivity contribution in [2.75, 3.05) is 19.3 Å². The van der Waals surface area contributed by atoms with Crippen molar-refractivity contribution < 1.29 is 14.0 Å². The summed E-state index contributed by atoms with van der Waals surface area (Å²) in [5.41, 5.74) is 0.613. The Bertz CT molecular complexity index is 770. The molecular weight excluding hydrogens is 372 g/mol. The zero-order valence-electron chi connectivity index (χ0n) is 16.4. The summed E-state index contributed by atoms with van der Waals surface area (Å²) in [5.74, 6) is 1.62. The summed E-state index contributed by atoms with van der Waals surface area (Å²) in [6.45, 7) is 1.18. The Balaban J connectivity index is 1.52. The molecule has 1 N–H and O–H groups in total. The third kappa shape index (κ3) is 5.89. The highest BCUT2D eigenvalue weighted by atomic mass is 32.2. The first-order chi connectivity index (χ1) is 13.6. The number of amides is 2. The van der Waals surface area contributed by atoms with Crippen molar-refractivity contribution in [1.29, 1.82) is 0 Å². The van der Waals surface area contributed by atoms with Crippen LogP contribution in [0.15, 0.2) is 52.0 Å². The van der Waals surface area contributed by atoms with Gasteiger partial charge in [-0.15, -0.1) is 11.8 Å². The molecule has 0 atom stereocenters. The Morgan fingerprint density at radius 1 is 1.14 bits per heavy atom. The van der Waals surface area contributed by atoms with E-state index in [-0.39, 0.29) is 11.8 Å². The summed E-state index contributed by atoms with van der Waals surface area (Å²) in [7, 11) is 1.75. The van der Waals surface area contributed by atoms with Gasteiger partial charge in [0.2, 0.25) is 5.91 Å². The molecule has 0 radical (unpaired) electrons. The van der Waals surface area contributed by atoms with Gasteiger partial charge in [-0.05, 0) is 43.0 Å². The highest BCUT2D eigenvalue weighted by Crippen LogP contribution is 2.25. The molecule has 0 saturated heterocycles. The van der Waals surface area contributed by atoms with E-state index in [1.54, 1.807) is 18.2 Å². The number of hydrogen-bond donors (Lipinski definition) is 1. The van der Waals surface area contributed by atoms with Gasteiger partial charge >= 0.3 is 0 Å². The van der Waals surface area contributed by atoms with E-state index >= 15 is 0 Å². The molecule has 28 heavy (non-hydrogen) atoms. The minimum absolute atomic E-state index is 0.0294. The van der Waals surface area contributed by atoms with E-state index in [4.69, 9.17) is 4.42 Å². The summed E-state index contributed by atoms with van der Waals surface area (Å²) in [4.78, 5) is 27.5. The Kier molecular flexibility index (Phi) is 7.60. The molecule has 6 heteroatoms. The van der Waals surface area contributed by atoms with Crippen LogP contribution in [-0.2, 0) is 11.3 Å². The minimum Gasteiger partial charge on any atom is -0.467 e. The topological polar surface area (TPSA) is 62.6 Å². The minimum atomic E-state index is -0.0814. The number of carbonyl (C=O) groups excluding carboxylic acids is 2. The monoisotopic (exact) mass is 400 g/mol. The zero-order valence-corrected chi connectivity index (χ0v) is 17.2. The van der Waals surface area contributed by atoms with Crippen molar-refractivity contribution in [1.82, 2.24) is 10.2 Å². The van der Waals surface area contributed by atoms with Gasteiger partial charge in [-0.2, -0.15) is 0 Å².